The van der Waals surface area contributed by atoms with E-state index in [9.17, 15) is 14.7 Å². The average Bonchev–Trinajstić information content (AvgIpc) is 2.97. The molecule has 1 spiro atoms. The highest BCUT2D eigenvalue weighted by Gasteiger charge is 2.63. The van der Waals surface area contributed by atoms with E-state index in [1.54, 1.807) is 14.2 Å². The van der Waals surface area contributed by atoms with Gasteiger partial charge in [0.05, 0.1) is 19.3 Å². The number of hydrogen-bond acceptors (Lipinski definition) is 6. The molecule has 3 saturated heterocycles. The molecule has 1 aromatic rings. The van der Waals surface area contributed by atoms with Gasteiger partial charge in [-0.15, -0.1) is 0 Å². The third-order valence-electron chi connectivity index (χ3n) is 5.66. The Morgan fingerprint density at radius 1 is 1.32 bits per heavy atom. The predicted octanol–water partition coefficient (Wildman–Crippen LogP) is -0.317. The molecule has 0 bridgehead atoms. The molecule has 0 aromatic heterocycles. The third-order valence-corrected chi connectivity index (χ3v) is 5.66. The molecule has 7 nitrogen and oxygen atoms in total. The van der Waals surface area contributed by atoms with E-state index in [0.717, 1.165) is 17.9 Å². The first kappa shape index (κ1) is 16.5. The Morgan fingerprint density at radius 3 is 2.80 bits per heavy atom. The van der Waals surface area contributed by atoms with Crippen molar-refractivity contribution in [1.82, 2.24) is 14.7 Å². The molecule has 3 aliphatic rings. The van der Waals surface area contributed by atoms with Gasteiger partial charge < -0.3 is 9.84 Å². The van der Waals surface area contributed by atoms with Crippen LogP contribution >= 0.6 is 0 Å². The number of likely N-dealkylation sites (N-methyl/N-ethyl adjacent to an activating group) is 1. The Morgan fingerprint density at radius 2 is 2.08 bits per heavy atom. The van der Waals surface area contributed by atoms with Gasteiger partial charge in [0.25, 0.3) is 5.91 Å². The van der Waals surface area contributed by atoms with E-state index in [1.165, 1.54) is 4.90 Å². The van der Waals surface area contributed by atoms with Crippen LogP contribution in [0.25, 0.3) is 0 Å². The van der Waals surface area contributed by atoms with Crippen LogP contribution in [0.2, 0.25) is 0 Å². The molecule has 1 N–H and O–H groups in total. The summed E-state index contributed by atoms with van der Waals surface area (Å²) in [6, 6.07) is 7.51. The Labute approximate surface area is 146 Å². The van der Waals surface area contributed by atoms with Crippen molar-refractivity contribution >= 4 is 11.8 Å². The second-order valence-corrected chi connectivity index (χ2v) is 7.29. The van der Waals surface area contributed by atoms with Crippen LogP contribution in [0, 0.1) is 0 Å². The van der Waals surface area contributed by atoms with Gasteiger partial charge in [0.2, 0.25) is 5.91 Å². The maximum absolute atomic E-state index is 12.8. The molecule has 134 valence electrons. The van der Waals surface area contributed by atoms with Crippen LogP contribution in [-0.4, -0.2) is 83.1 Å². The van der Waals surface area contributed by atoms with Gasteiger partial charge in [-0.25, -0.2) is 0 Å². The second-order valence-electron chi connectivity index (χ2n) is 7.29. The van der Waals surface area contributed by atoms with Gasteiger partial charge in [0.1, 0.15) is 11.3 Å². The SMILES string of the molecule is COc1cccc(CN2CC3(C2)C(=O)N(C)C(=O)C2CC(O)CN23)c1. The number of carbonyl (C=O) groups excluding carboxylic acids is 2. The van der Waals surface area contributed by atoms with Crippen LogP contribution in [0.4, 0.5) is 0 Å². The summed E-state index contributed by atoms with van der Waals surface area (Å²) in [4.78, 5) is 30.6. The van der Waals surface area contributed by atoms with Crippen LogP contribution in [0.15, 0.2) is 24.3 Å². The van der Waals surface area contributed by atoms with Crippen molar-refractivity contribution in [2.75, 3.05) is 33.8 Å². The molecule has 3 fully saturated rings. The molecule has 1 aromatic carbocycles. The van der Waals surface area contributed by atoms with Crippen molar-refractivity contribution in [3.63, 3.8) is 0 Å². The number of aliphatic hydroxyl groups excluding tert-OH is 1. The highest BCUT2D eigenvalue weighted by Crippen LogP contribution is 2.40. The van der Waals surface area contributed by atoms with E-state index >= 15 is 0 Å². The largest absolute Gasteiger partial charge is 0.497 e. The number of rotatable bonds is 3. The number of amides is 2. The van der Waals surface area contributed by atoms with Gasteiger partial charge in [-0.1, -0.05) is 12.1 Å². The number of likely N-dealkylation sites (tertiary alicyclic amines) is 1. The van der Waals surface area contributed by atoms with Crippen LogP contribution in [0.5, 0.6) is 5.75 Å². The van der Waals surface area contributed by atoms with E-state index in [2.05, 4.69) is 4.90 Å². The monoisotopic (exact) mass is 345 g/mol. The number of piperazine rings is 1. The summed E-state index contributed by atoms with van der Waals surface area (Å²) in [5, 5.41) is 10.0. The summed E-state index contributed by atoms with van der Waals surface area (Å²) in [5.74, 6) is 0.470. The van der Waals surface area contributed by atoms with Gasteiger partial charge >= 0.3 is 0 Å². The normalized spacial score (nSPS) is 29.0. The minimum Gasteiger partial charge on any atom is -0.497 e. The number of carbonyl (C=O) groups is 2. The third kappa shape index (κ3) is 2.46. The summed E-state index contributed by atoms with van der Waals surface area (Å²) >= 11 is 0. The summed E-state index contributed by atoms with van der Waals surface area (Å²) in [6.07, 6.45) is -0.133. The lowest BCUT2D eigenvalue weighted by molar-refractivity contribution is -0.178. The number of fused-ring (bicyclic) bond motifs is 2. The molecule has 2 atom stereocenters. The fraction of sp³-hybridized carbons (Fsp3) is 0.556. The van der Waals surface area contributed by atoms with Gasteiger partial charge in [0, 0.05) is 33.2 Å². The highest BCUT2D eigenvalue weighted by atomic mass is 16.5. The van der Waals surface area contributed by atoms with Crippen molar-refractivity contribution in [2.45, 2.75) is 30.7 Å². The van der Waals surface area contributed by atoms with E-state index in [-0.39, 0.29) is 17.9 Å². The quantitative estimate of drug-likeness (QED) is 0.757. The second kappa shape index (κ2) is 5.79. The van der Waals surface area contributed by atoms with Crippen molar-refractivity contribution in [1.29, 1.82) is 0 Å². The summed E-state index contributed by atoms with van der Waals surface area (Å²) in [7, 11) is 3.20. The van der Waals surface area contributed by atoms with Crippen LogP contribution in [0.1, 0.15) is 12.0 Å². The summed E-state index contributed by atoms with van der Waals surface area (Å²) in [6.45, 7) is 2.27. The van der Waals surface area contributed by atoms with Crippen LogP contribution in [-0.2, 0) is 16.1 Å². The lowest BCUT2D eigenvalue weighted by Gasteiger charge is -2.58. The minimum absolute atomic E-state index is 0.148. The average molecular weight is 345 g/mol. The summed E-state index contributed by atoms with van der Waals surface area (Å²) in [5.41, 5.74) is 0.448. The van der Waals surface area contributed by atoms with Gasteiger partial charge in [0.15, 0.2) is 0 Å². The number of imide groups is 1. The lowest BCUT2D eigenvalue weighted by atomic mass is 9.82. The Balaban J connectivity index is 1.51. The lowest BCUT2D eigenvalue weighted by Crippen LogP contribution is -2.80. The first-order chi connectivity index (χ1) is 11.9. The topological polar surface area (TPSA) is 73.3 Å². The maximum atomic E-state index is 12.8. The van der Waals surface area contributed by atoms with E-state index < -0.39 is 11.6 Å². The molecular formula is C18H23N3O4. The molecule has 0 aliphatic carbocycles. The van der Waals surface area contributed by atoms with Crippen LogP contribution in [0.3, 0.4) is 0 Å². The highest BCUT2D eigenvalue weighted by molar-refractivity contribution is 6.05. The fourth-order valence-corrected chi connectivity index (χ4v) is 4.43. The van der Waals surface area contributed by atoms with E-state index in [4.69, 9.17) is 4.74 Å². The molecule has 2 unspecified atom stereocenters. The zero-order valence-corrected chi connectivity index (χ0v) is 14.5. The molecule has 3 aliphatic heterocycles. The standard InChI is InChI=1S/C18H23N3O4/c1-19-16(23)15-7-13(22)9-21(15)18(17(19)24)10-20(11-18)8-12-4-3-5-14(6-12)25-2/h3-6,13,15,22H,7-11H2,1-2H3. The van der Waals surface area contributed by atoms with Gasteiger partial charge in [-0.3, -0.25) is 24.3 Å². The molecule has 25 heavy (non-hydrogen) atoms. The molecule has 4 rings (SSSR count). The van der Waals surface area contributed by atoms with Crippen LogP contribution < -0.4 is 4.74 Å². The molecule has 0 radical (unpaired) electrons. The Hall–Kier alpha value is -1.96. The smallest absolute Gasteiger partial charge is 0.252 e. The first-order valence-corrected chi connectivity index (χ1v) is 8.57. The van der Waals surface area contributed by atoms with Gasteiger partial charge in [-0.05, 0) is 24.1 Å². The number of nitrogens with zero attached hydrogens (tertiary/aromatic N) is 3. The number of β-amino-alcohol motifs (C(OH)–C–C–N with tert-alkyl or cyclic N) is 1. The minimum atomic E-state index is -0.677. The van der Waals surface area contributed by atoms with E-state index in [1.807, 2.05) is 29.2 Å². The number of aliphatic hydroxyl groups is 1. The van der Waals surface area contributed by atoms with Crippen molar-refractivity contribution in [3.8, 4) is 5.75 Å². The molecular weight excluding hydrogens is 322 g/mol. The first-order valence-electron chi connectivity index (χ1n) is 8.57. The molecule has 2 amide bonds. The number of hydrogen-bond donors (Lipinski definition) is 1. The predicted molar refractivity (Wildman–Crippen MR) is 89.9 cm³/mol. The number of ether oxygens (including phenoxy) is 1. The van der Waals surface area contributed by atoms with Crippen molar-refractivity contribution in [2.24, 2.45) is 0 Å². The maximum Gasteiger partial charge on any atom is 0.252 e. The Kier molecular flexibility index (Phi) is 3.82. The molecule has 7 heteroatoms. The summed E-state index contributed by atoms with van der Waals surface area (Å²) < 4.78 is 5.26. The zero-order valence-electron chi connectivity index (χ0n) is 14.5. The van der Waals surface area contributed by atoms with Crippen molar-refractivity contribution in [3.05, 3.63) is 29.8 Å². The molecule has 0 saturated carbocycles. The Bertz CT molecular complexity index is 716. The van der Waals surface area contributed by atoms with E-state index in [0.29, 0.717) is 26.1 Å². The fourth-order valence-electron chi connectivity index (χ4n) is 4.43. The number of benzene rings is 1. The number of methoxy groups -OCH3 is 1. The zero-order chi connectivity index (χ0) is 17.8. The molecule has 3 heterocycles. The van der Waals surface area contributed by atoms with Gasteiger partial charge in [-0.2, -0.15) is 0 Å². The van der Waals surface area contributed by atoms with Crippen molar-refractivity contribution < 1.29 is 19.4 Å².